The lowest BCUT2D eigenvalue weighted by Crippen LogP contribution is -1.97. The lowest BCUT2D eigenvalue weighted by atomic mass is 10.1. The molecule has 0 aliphatic heterocycles. The van der Waals surface area contributed by atoms with Crippen molar-refractivity contribution in [2.45, 2.75) is 19.9 Å². The van der Waals surface area contributed by atoms with E-state index in [9.17, 15) is 0 Å². The van der Waals surface area contributed by atoms with Crippen LogP contribution >= 0.6 is 11.3 Å². The fourth-order valence-corrected chi connectivity index (χ4v) is 2.12. The Hall–Kier alpha value is -1.28. The van der Waals surface area contributed by atoms with Crippen molar-refractivity contribution >= 4 is 17.0 Å². The van der Waals surface area contributed by atoms with Crippen LogP contribution < -0.4 is 5.32 Å². The summed E-state index contributed by atoms with van der Waals surface area (Å²) >= 11 is 1.74. The average Bonchev–Trinajstić information content (AvgIpc) is 2.80. The molecule has 1 nitrogen and oxygen atoms in total. The Morgan fingerprint density at radius 3 is 2.47 bits per heavy atom. The Balaban J connectivity index is 1.93. The molecule has 1 heterocycles. The molecule has 0 saturated heterocycles. The molecular weight excluding hydrogens is 202 g/mol. The highest BCUT2D eigenvalue weighted by Crippen LogP contribution is 2.12. The van der Waals surface area contributed by atoms with E-state index in [1.165, 1.54) is 16.8 Å². The van der Waals surface area contributed by atoms with Crippen LogP contribution in [-0.2, 0) is 13.0 Å². The first-order valence-corrected chi connectivity index (χ1v) is 6.16. The molecule has 0 atom stereocenters. The molecule has 78 valence electrons. The van der Waals surface area contributed by atoms with E-state index in [1.54, 1.807) is 11.3 Å². The summed E-state index contributed by atoms with van der Waals surface area (Å²) < 4.78 is 0. The molecule has 1 N–H and O–H groups in total. The van der Waals surface area contributed by atoms with Gasteiger partial charge in [0.2, 0.25) is 0 Å². The molecule has 0 spiro atoms. The molecule has 0 amide bonds. The Labute approximate surface area is 94.8 Å². The van der Waals surface area contributed by atoms with Crippen LogP contribution in [0.15, 0.2) is 41.1 Å². The monoisotopic (exact) mass is 217 g/mol. The molecule has 0 radical (unpaired) electrons. The zero-order chi connectivity index (χ0) is 10.5. The van der Waals surface area contributed by atoms with Crippen molar-refractivity contribution in [3.8, 4) is 0 Å². The zero-order valence-electron chi connectivity index (χ0n) is 8.86. The second-order valence-electron chi connectivity index (χ2n) is 3.54. The van der Waals surface area contributed by atoms with Crippen molar-refractivity contribution in [1.29, 1.82) is 0 Å². The van der Waals surface area contributed by atoms with E-state index in [1.807, 2.05) is 0 Å². The van der Waals surface area contributed by atoms with Gasteiger partial charge in [-0.2, -0.15) is 11.3 Å². The topological polar surface area (TPSA) is 12.0 Å². The van der Waals surface area contributed by atoms with Crippen LogP contribution in [0.5, 0.6) is 0 Å². The normalized spacial score (nSPS) is 10.2. The lowest BCUT2D eigenvalue weighted by Gasteiger charge is -2.05. The van der Waals surface area contributed by atoms with Crippen LogP contribution in [0, 0.1) is 0 Å². The molecular formula is C13H15NS. The van der Waals surface area contributed by atoms with Gasteiger partial charge in [0.1, 0.15) is 0 Å². The first kappa shape index (κ1) is 10.2. The SMILES string of the molecule is CCc1ccc(NCc2ccsc2)cc1. The number of nitrogens with one attached hydrogen (secondary N) is 1. The molecule has 0 aliphatic carbocycles. The summed E-state index contributed by atoms with van der Waals surface area (Å²) in [6.45, 7) is 3.09. The largest absolute Gasteiger partial charge is 0.381 e. The Bertz CT molecular complexity index is 389. The Morgan fingerprint density at radius 2 is 1.87 bits per heavy atom. The first-order valence-electron chi connectivity index (χ1n) is 5.22. The van der Waals surface area contributed by atoms with Crippen LogP contribution in [0.4, 0.5) is 5.69 Å². The van der Waals surface area contributed by atoms with Gasteiger partial charge < -0.3 is 5.32 Å². The number of thiophene rings is 1. The highest BCUT2D eigenvalue weighted by molar-refractivity contribution is 7.07. The number of hydrogen-bond acceptors (Lipinski definition) is 2. The number of benzene rings is 1. The van der Waals surface area contributed by atoms with Gasteiger partial charge in [0.15, 0.2) is 0 Å². The summed E-state index contributed by atoms with van der Waals surface area (Å²) in [6.07, 6.45) is 1.10. The van der Waals surface area contributed by atoms with Crippen LogP contribution in [0.25, 0.3) is 0 Å². The van der Waals surface area contributed by atoms with Crippen molar-refractivity contribution in [2.24, 2.45) is 0 Å². The van der Waals surface area contributed by atoms with Crippen LogP contribution in [0.1, 0.15) is 18.1 Å². The maximum absolute atomic E-state index is 3.41. The summed E-state index contributed by atoms with van der Waals surface area (Å²) in [5.41, 5.74) is 3.93. The van der Waals surface area contributed by atoms with E-state index in [-0.39, 0.29) is 0 Å². The predicted octanol–water partition coefficient (Wildman–Crippen LogP) is 3.92. The highest BCUT2D eigenvalue weighted by Gasteiger charge is 1.94. The van der Waals surface area contributed by atoms with Crippen LogP contribution in [0.2, 0.25) is 0 Å². The summed E-state index contributed by atoms with van der Waals surface area (Å²) in [6, 6.07) is 10.8. The fraction of sp³-hybridized carbons (Fsp3) is 0.231. The predicted molar refractivity (Wildman–Crippen MR) is 67.5 cm³/mol. The first-order chi connectivity index (χ1) is 7.38. The van der Waals surface area contributed by atoms with Gasteiger partial charge in [-0.15, -0.1) is 0 Å². The van der Waals surface area contributed by atoms with Gasteiger partial charge in [-0.1, -0.05) is 19.1 Å². The number of aryl methyl sites for hydroxylation is 1. The standard InChI is InChI=1S/C13H15NS/c1-2-11-3-5-13(6-4-11)14-9-12-7-8-15-10-12/h3-8,10,14H,2,9H2,1H3. The maximum Gasteiger partial charge on any atom is 0.0409 e. The van der Waals surface area contributed by atoms with Crippen molar-refractivity contribution in [3.63, 3.8) is 0 Å². The summed E-state index contributed by atoms with van der Waals surface area (Å²) in [7, 11) is 0. The molecule has 0 saturated carbocycles. The fourth-order valence-electron chi connectivity index (χ4n) is 1.46. The van der Waals surface area contributed by atoms with Crippen molar-refractivity contribution in [1.82, 2.24) is 0 Å². The third-order valence-corrected chi connectivity index (χ3v) is 3.17. The summed E-state index contributed by atoms with van der Waals surface area (Å²) in [5.74, 6) is 0. The molecule has 2 rings (SSSR count). The van der Waals surface area contributed by atoms with Gasteiger partial charge in [0.25, 0.3) is 0 Å². The molecule has 15 heavy (non-hydrogen) atoms. The summed E-state index contributed by atoms with van der Waals surface area (Å²) in [4.78, 5) is 0. The second kappa shape index (κ2) is 4.99. The quantitative estimate of drug-likeness (QED) is 0.818. The summed E-state index contributed by atoms with van der Waals surface area (Å²) in [5, 5.41) is 7.69. The van der Waals surface area contributed by atoms with E-state index in [0.717, 1.165) is 13.0 Å². The highest BCUT2D eigenvalue weighted by atomic mass is 32.1. The minimum atomic E-state index is 0.912. The maximum atomic E-state index is 3.41. The smallest absolute Gasteiger partial charge is 0.0409 e. The molecule has 0 aliphatic rings. The van der Waals surface area contributed by atoms with Crippen LogP contribution in [0.3, 0.4) is 0 Å². The second-order valence-corrected chi connectivity index (χ2v) is 4.32. The van der Waals surface area contributed by atoms with Gasteiger partial charge >= 0.3 is 0 Å². The van der Waals surface area contributed by atoms with Crippen LogP contribution in [-0.4, -0.2) is 0 Å². The average molecular weight is 217 g/mol. The Morgan fingerprint density at radius 1 is 1.07 bits per heavy atom. The molecule has 2 aromatic rings. The van der Waals surface area contributed by atoms with E-state index in [4.69, 9.17) is 0 Å². The molecule has 0 bridgehead atoms. The van der Waals surface area contributed by atoms with Gasteiger partial charge in [0, 0.05) is 12.2 Å². The number of anilines is 1. The van der Waals surface area contributed by atoms with E-state index in [2.05, 4.69) is 53.3 Å². The molecule has 1 aromatic heterocycles. The minimum absolute atomic E-state index is 0.912. The lowest BCUT2D eigenvalue weighted by molar-refractivity contribution is 1.13. The third kappa shape index (κ3) is 2.83. The van der Waals surface area contributed by atoms with Gasteiger partial charge in [-0.25, -0.2) is 0 Å². The van der Waals surface area contributed by atoms with Crippen molar-refractivity contribution in [3.05, 3.63) is 52.2 Å². The molecule has 2 heteroatoms. The van der Waals surface area contributed by atoms with E-state index in [0.29, 0.717) is 0 Å². The van der Waals surface area contributed by atoms with Gasteiger partial charge in [0.05, 0.1) is 0 Å². The Kier molecular flexibility index (Phi) is 3.41. The molecule has 0 fully saturated rings. The minimum Gasteiger partial charge on any atom is -0.381 e. The third-order valence-electron chi connectivity index (χ3n) is 2.44. The van der Waals surface area contributed by atoms with Gasteiger partial charge in [-0.3, -0.25) is 0 Å². The number of hydrogen-bond donors (Lipinski definition) is 1. The van der Waals surface area contributed by atoms with Crippen molar-refractivity contribution in [2.75, 3.05) is 5.32 Å². The number of rotatable bonds is 4. The van der Waals surface area contributed by atoms with E-state index >= 15 is 0 Å². The molecule has 0 unspecified atom stereocenters. The zero-order valence-corrected chi connectivity index (χ0v) is 9.68. The van der Waals surface area contributed by atoms with Crippen molar-refractivity contribution < 1.29 is 0 Å². The van der Waals surface area contributed by atoms with Gasteiger partial charge in [-0.05, 0) is 46.5 Å². The molecule has 1 aromatic carbocycles. The van der Waals surface area contributed by atoms with E-state index < -0.39 is 0 Å².